The summed E-state index contributed by atoms with van der Waals surface area (Å²) >= 11 is 1.53. The molecule has 6 nitrogen and oxygen atoms in total. The van der Waals surface area contributed by atoms with Crippen molar-refractivity contribution in [1.29, 1.82) is 0 Å². The van der Waals surface area contributed by atoms with Gasteiger partial charge in [0.25, 0.3) is 5.91 Å². The number of hydrogen-bond donors (Lipinski definition) is 0. The van der Waals surface area contributed by atoms with Crippen molar-refractivity contribution in [2.24, 2.45) is 0 Å². The standard InChI is InChI=1S/C21H25N3O3S/c25-21(20-2-1-13-28-20)24-11-9-23(10-12-24)16-5-7-22(8-6-16)17-3-4-18-19(14-17)27-15-26-18/h1-4,13-14,16H,5-12,15H2. The molecule has 2 saturated heterocycles. The molecule has 2 fully saturated rings. The Morgan fingerprint density at radius 1 is 0.964 bits per heavy atom. The number of anilines is 1. The van der Waals surface area contributed by atoms with Crippen molar-refractivity contribution in [1.82, 2.24) is 9.80 Å². The number of carbonyl (C=O) groups is 1. The molecule has 0 atom stereocenters. The maximum absolute atomic E-state index is 12.5. The molecule has 1 aromatic carbocycles. The molecule has 0 unspecified atom stereocenters. The van der Waals surface area contributed by atoms with E-state index in [0.717, 1.165) is 68.5 Å². The van der Waals surface area contributed by atoms with Gasteiger partial charge in [-0.1, -0.05) is 6.07 Å². The van der Waals surface area contributed by atoms with Gasteiger partial charge in [0.2, 0.25) is 6.79 Å². The second kappa shape index (κ2) is 7.64. The lowest BCUT2D eigenvalue weighted by atomic mass is 10.0. The summed E-state index contributed by atoms with van der Waals surface area (Å²) in [4.78, 5) is 20.4. The van der Waals surface area contributed by atoms with Crippen molar-refractivity contribution >= 4 is 22.9 Å². The number of piperidine rings is 1. The van der Waals surface area contributed by atoms with Crippen LogP contribution in [0.2, 0.25) is 0 Å². The van der Waals surface area contributed by atoms with Crippen molar-refractivity contribution in [2.75, 3.05) is 51.0 Å². The molecule has 2 aromatic rings. The van der Waals surface area contributed by atoms with E-state index in [1.54, 1.807) is 0 Å². The van der Waals surface area contributed by atoms with Gasteiger partial charge in [0.1, 0.15) is 0 Å². The SMILES string of the molecule is O=C(c1cccs1)N1CCN(C2CCN(c3ccc4c(c3)OCO4)CC2)CC1. The number of piperazine rings is 1. The van der Waals surface area contributed by atoms with E-state index in [2.05, 4.69) is 21.9 Å². The number of hydrogen-bond acceptors (Lipinski definition) is 6. The Hall–Kier alpha value is -2.25. The molecular formula is C21H25N3O3S. The summed E-state index contributed by atoms with van der Waals surface area (Å²) < 4.78 is 10.9. The molecule has 0 bridgehead atoms. The van der Waals surface area contributed by atoms with Crippen LogP contribution in [0.25, 0.3) is 0 Å². The van der Waals surface area contributed by atoms with Crippen molar-refractivity contribution in [3.05, 3.63) is 40.6 Å². The second-order valence-corrected chi connectivity index (χ2v) is 8.51. The molecule has 3 aliphatic rings. The van der Waals surface area contributed by atoms with E-state index in [1.807, 2.05) is 28.5 Å². The Morgan fingerprint density at radius 3 is 2.50 bits per heavy atom. The number of amides is 1. The van der Waals surface area contributed by atoms with Gasteiger partial charge in [-0.2, -0.15) is 0 Å². The third-order valence-electron chi connectivity index (χ3n) is 6.04. The first-order valence-electron chi connectivity index (χ1n) is 9.99. The number of rotatable bonds is 3. The minimum absolute atomic E-state index is 0.187. The highest BCUT2D eigenvalue weighted by Gasteiger charge is 2.29. The van der Waals surface area contributed by atoms with Gasteiger partial charge in [-0.15, -0.1) is 11.3 Å². The van der Waals surface area contributed by atoms with E-state index < -0.39 is 0 Å². The molecule has 148 valence electrons. The number of ether oxygens (including phenoxy) is 2. The Balaban J connectivity index is 1.13. The van der Waals surface area contributed by atoms with E-state index in [1.165, 1.54) is 17.0 Å². The third-order valence-corrected chi connectivity index (χ3v) is 6.89. The molecule has 28 heavy (non-hydrogen) atoms. The summed E-state index contributed by atoms with van der Waals surface area (Å²) in [6, 6.07) is 10.7. The monoisotopic (exact) mass is 399 g/mol. The molecule has 0 radical (unpaired) electrons. The normalized spacial score (nSPS) is 20.6. The third kappa shape index (κ3) is 3.44. The molecule has 3 aliphatic heterocycles. The lowest BCUT2D eigenvalue weighted by Crippen LogP contribution is -2.54. The van der Waals surface area contributed by atoms with Crippen molar-refractivity contribution in [2.45, 2.75) is 18.9 Å². The molecule has 7 heteroatoms. The van der Waals surface area contributed by atoms with Crippen LogP contribution in [-0.4, -0.2) is 67.8 Å². The molecule has 0 N–H and O–H groups in total. The van der Waals surface area contributed by atoms with Crippen LogP contribution in [0.1, 0.15) is 22.5 Å². The fraction of sp³-hybridized carbons (Fsp3) is 0.476. The van der Waals surface area contributed by atoms with Crippen LogP contribution in [0, 0.1) is 0 Å². The average molecular weight is 400 g/mol. The minimum atomic E-state index is 0.187. The van der Waals surface area contributed by atoms with E-state index in [0.29, 0.717) is 12.8 Å². The first-order chi connectivity index (χ1) is 13.8. The predicted molar refractivity (Wildman–Crippen MR) is 110 cm³/mol. The van der Waals surface area contributed by atoms with Crippen molar-refractivity contribution < 1.29 is 14.3 Å². The highest BCUT2D eigenvalue weighted by atomic mass is 32.1. The molecule has 0 aliphatic carbocycles. The minimum Gasteiger partial charge on any atom is -0.454 e. The molecule has 0 spiro atoms. The van der Waals surface area contributed by atoms with Gasteiger partial charge in [-0.05, 0) is 36.4 Å². The van der Waals surface area contributed by atoms with Crippen LogP contribution in [-0.2, 0) is 0 Å². The molecule has 1 aromatic heterocycles. The summed E-state index contributed by atoms with van der Waals surface area (Å²) in [7, 11) is 0. The predicted octanol–water partition coefficient (Wildman–Crippen LogP) is 2.90. The smallest absolute Gasteiger partial charge is 0.264 e. The zero-order valence-corrected chi connectivity index (χ0v) is 16.7. The Kier molecular flexibility index (Phi) is 4.86. The van der Waals surface area contributed by atoms with Crippen LogP contribution in [0.15, 0.2) is 35.7 Å². The van der Waals surface area contributed by atoms with Crippen LogP contribution >= 0.6 is 11.3 Å². The van der Waals surface area contributed by atoms with E-state index in [4.69, 9.17) is 9.47 Å². The van der Waals surface area contributed by atoms with Gasteiger partial charge in [0, 0.05) is 57.1 Å². The van der Waals surface area contributed by atoms with Gasteiger partial charge in [0.05, 0.1) is 4.88 Å². The van der Waals surface area contributed by atoms with Crippen LogP contribution < -0.4 is 14.4 Å². The van der Waals surface area contributed by atoms with E-state index in [9.17, 15) is 4.79 Å². The molecule has 0 saturated carbocycles. The maximum Gasteiger partial charge on any atom is 0.264 e. The zero-order valence-electron chi connectivity index (χ0n) is 15.9. The Labute approximate surface area is 169 Å². The van der Waals surface area contributed by atoms with Crippen LogP contribution in [0.5, 0.6) is 11.5 Å². The second-order valence-electron chi connectivity index (χ2n) is 7.56. The zero-order chi connectivity index (χ0) is 18.9. The summed E-state index contributed by atoms with van der Waals surface area (Å²) in [6.07, 6.45) is 2.32. The first kappa shape index (κ1) is 17.8. The first-order valence-corrected chi connectivity index (χ1v) is 10.9. The van der Waals surface area contributed by atoms with Gasteiger partial charge in [-0.25, -0.2) is 0 Å². The van der Waals surface area contributed by atoms with Crippen LogP contribution in [0.3, 0.4) is 0 Å². The van der Waals surface area contributed by atoms with Gasteiger partial charge >= 0.3 is 0 Å². The van der Waals surface area contributed by atoms with Crippen molar-refractivity contribution in [3.63, 3.8) is 0 Å². The highest BCUT2D eigenvalue weighted by Crippen LogP contribution is 2.36. The highest BCUT2D eigenvalue weighted by molar-refractivity contribution is 7.12. The molecule has 5 rings (SSSR count). The molecule has 1 amide bonds. The average Bonchev–Trinajstić information content (AvgIpc) is 3.45. The number of fused-ring (bicyclic) bond motifs is 1. The summed E-state index contributed by atoms with van der Waals surface area (Å²) in [5.41, 5.74) is 1.22. The summed E-state index contributed by atoms with van der Waals surface area (Å²) in [5.74, 6) is 1.88. The molecule has 4 heterocycles. The summed E-state index contributed by atoms with van der Waals surface area (Å²) in [5, 5.41) is 1.97. The van der Waals surface area contributed by atoms with Crippen LogP contribution in [0.4, 0.5) is 5.69 Å². The quantitative estimate of drug-likeness (QED) is 0.794. The summed E-state index contributed by atoms with van der Waals surface area (Å²) in [6.45, 7) is 6.05. The number of thiophene rings is 1. The topological polar surface area (TPSA) is 45.3 Å². The molecular weight excluding hydrogens is 374 g/mol. The lowest BCUT2D eigenvalue weighted by molar-refractivity contribution is 0.0545. The number of benzene rings is 1. The number of carbonyl (C=O) groups excluding carboxylic acids is 1. The van der Waals surface area contributed by atoms with Gasteiger partial charge in [-0.3, -0.25) is 9.69 Å². The maximum atomic E-state index is 12.5. The van der Waals surface area contributed by atoms with E-state index >= 15 is 0 Å². The van der Waals surface area contributed by atoms with E-state index in [-0.39, 0.29) is 5.91 Å². The van der Waals surface area contributed by atoms with Gasteiger partial charge in [0.15, 0.2) is 11.5 Å². The fourth-order valence-electron chi connectivity index (χ4n) is 4.42. The van der Waals surface area contributed by atoms with Gasteiger partial charge < -0.3 is 19.3 Å². The lowest BCUT2D eigenvalue weighted by Gasteiger charge is -2.43. The Morgan fingerprint density at radius 2 is 1.75 bits per heavy atom. The fourth-order valence-corrected chi connectivity index (χ4v) is 5.11. The number of nitrogens with zero attached hydrogens (tertiary/aromatic N) is 3. The Bertz CT molecular complexity index is 825. The van der Waals surface area contributed by atoms with Crippen molar-refractivity contribution in [3.8, 4) is 11.5 Å². The largest absolute Gasteiger partial charge is 0.454 e.